The van der Waals surface area contributed by atoms with E-state index in [2.05, 4.69) is 10.2 Å². The van der Waals surface area contributed by atoms with Gasteiger partial charge >= 0.3 is 0 Å². The molecule has 0 aliphatic carbocycles. The number of rotatable bonds is 7. The molecule has 0 aliphatic rings. The van der Waals surface area contributed by atoms with Crippen LogP contribution in [0.1, 0.15) is 5.56 Å². The van der Waals surface area contributed by atoms with E-state index in [0.29, 0.717) is 12.5 Å². The van der Waals surface area contributed by atoms with Gasteiger partial charge in [0.05, 0.1) is 19.7 Å². The first kappa shape index (κ1) is 19.5. The Balaban J connectivity index is 1.64. The first-order chi connectivity index (χ1) is 14.7. The van der Waals surface area contributed by atoms with E-state index in [0.717, 1.165) is 39.5 Å². The second-order valence-electron chi connectivity index (χ2n) is 6.85. The number of nitrogens with zero attached hydrogens (tertiary/aromatic N) is 3. The molecule has 6 heteroatoms. The third-order valence-corrected chi connectivity index (χ3v) is 4.97. The molecule has 30 heavy (non-hydrogen) atoms. The maximum absolute atomic E-state index is 5.27. The minimum absolute atomic E-state index is 0.583. The van der Waals surface area contributed by atoms with Crippen LogP contribution in [0.2, 0.25) is 0 Å². The fraction of sp³-hybridized carbons (Fsp3) is 0.167. The van der Waals surface area contributed by atoms with Crippen molar-refractivity contribution in [2.24, 2.45) is 0 Å². The molecule has 0 atom stereocenters. The molecule has 0 unspecified atom stereocenters. The summed E-state index contributed by atoms with van der Waals surface area (Å²) >= 11 is 0. The molecular weight excluding hydrogens is 376 g/mol. The van der Waals surface area contributed by atoms with E-state index in [1.807, 2.05) is 79.8 Å². The van der Waals surface area contributed by atoms with Crippen LogP contribution in [-0.4, -0.2) is 31.2 Å². The lowest BCUT2D eigenvalue weighted by Crippen LogP contribution is -2.14. The lowest BCUT2D eigenvalue weighted by molar-refractivity contribution is 0.414. The number of methoxy groups -OCH3 is 2. The molecule has 0 saturated carbocycles. The largest absolute Gasteiger partial charge is 0.497 e. The van der Waals surface area contributed by atoms with Gasteiger partial charge in [-0.3, -0.25) is 0 Å². The van der Waals surface area contributed by atoms with Gasteiger partial charge in [-0.25, -0.2) is 4.98 Å². The Kier molecular flexibility index (Phi) is 5.66. The van der Waals surface area contributed by atoms with E-state index < -0.39 is 0 Å². The van der Waals surface area contributed by atoms with Crippen molar-refractivity contribution >= 4 is 28.4 Å². The number of hydrogen-bond donors (Lipinski definition) is 1. The van der Waals surface area contributed by atoms with Gasteiger partial charge < -0.3 is 19.7 Å². The van der Waals surface area contributed by atoms with E-state index in [4.69, 9.17) is 19.4 Å². The average Bonchev–Trinajstić information content (AvgIpc) is 2.82. The van der Waals surface area contributed by atoms with Crippen molar-refractivity contribution in [3.05, 3.63) is 78.4 Å². The molecule has 0 radical (unpaired) electrons. The Morgan fingerprint density at radius 1 is 0.800 bits per heavy atom. The van der Waals surface area contributed by atoms with Crippen LogP contribution in [-0.2, 0) is 6.54 Å². The molecule has 4 rings (SSSR count). The van der Waals surface area contributed by atoms with Gasteiger partial charge in [-0.1, -0.05) is 24.3 Å². The highest BCUT2D eigenvalue weighted by atomic mass is 16.5. The van der Waals surface area contributed by atoms with Crippen LogP contribution in [0.3, 0.4) is 0 Å². The summed E-state index contributed by atoms with van der Waals surface area (Å²) in [6.45, 7) is 0.619. The zero-order chi connectivity index (χ0) is 20.9. The van der Waals surface area contributed by atoms with Gasteiger partial charge in [0, 0.05) is 24.7 Å². The predicted octanol–water partition coefficient (Wildman–Crippen LogP) is 5.03. The lowest BCUT2D eigenvalue weighted by Gasteiger charge is -2.21. The molecular formula is C24H24N4O2. The van der Waals surface area contributed by atoms with Crippen LogP contribution in [0, 0.1) is 0 Å². The molecule has 0 saturated heterocycles. The molecule has 4 aromatic rings. The summed E-state index contributed by atoms with van der Waals surface area (Å²) in [7, 11) is 5.33. The summed E-state index contributed by atoms with van der Waals surface area (Å²) in [4.78, 5) is 11.6. The molecule has 1 aromatic heterocycles. The van der Waals surface area contributed by atoms with Crippen molar-refractivity contribution < 1.29 is 9.47 Å². The number of ether oxygens (including phenoxy) is 2. The molecule has 1 N–H and O–H groups in total. The molecule has 1 heterocycles. The van der Waals surface area contributed by atoms with Crippen LogP contribution in [0.25, 0.3) is 10.9 Å². The van der Waals surface area contributed by atoms with Crippen molar-refractivity contribution in [1.29, 1.82) is 0 Å². The molecule has 0 aliphatic heterocycles. The van der Waals surface area contributed by atoms with Crippen molar-refractivity contribution in [3.8, 4) is 11.5 Å². The number of aromatic nitrogens is 2. The maximum Gasteiger partial charge on any atom is 0.225 e. The highest BCUT2D eigenvalue weighted by molar-refractivity contribution is 5.92. The molecule has 152 valence electrons. The van der Waals surface area contributed by atoms with Crippen LogP contribution in [0.5, 0.6) is 11.5 Å². The minimum atomic E-state index is 0.583. The van der Waals surface area contributed by atoms with Gasteiger partial charge in [-0.2, -0.15) is 4.98 Å². The second-order valence-corrected chi connectivity index (χ2v) is 6.85. The summed E-state index contributed by atoms with van der Waals surface area (Å²) in [6.07, 6.45) is 0. The molecule has 6 nitrogen and oxygen atoms in total. The number of nitrogens with one attached hydrogen (secondary N) is 1. The van der Waals surface area contributed by atoms with Gasteiger partial charge in [-0.05, 0) is 54.1 Å². The third kappa shape index (κ3) is 4.12. The standard InChI is InChI=1S/C24H24N4O2/c1-28(18-10-14-20(30-3)15-11-18)23-21-6-4-5-7-22(21)26-24(27-23)25-16-17-8-12-19(29-2)13-9-17/h4-15H,16H2,1-3H3,(H,25,26,27). The smallest absolute Gasteiger partial charge is 0.225 e. The SMILES string of the molecule is COc1ccc(CNc2nc(N(C)c3ccc(OC)cc3)c3ccccc3n2)cc1. The summed E-state index contributed by atoms with van der Waals surface area (Å²) < 4.78 is 10.5. The Morgan fingerprint density at radius 2 is 1.43 bits per heavy atom. The van der Waals surface area contributed by atoms with Crippen molar-refractivity contribution in [1.82, 2.24) is 9.97 Å². The number of hydrogen-bond acceptors (Lipinski definition) is 6. The molecule has 0 amide bonds. The fourth-order valence-electron chi connectivity index (χ4n) is 3.25. The average molecular weight is 400 g/mol. The van der Waals surface area contributed by atoms with E-state index >= 15 is 0 Å². The van der Waals surface area contributed by atoms with E-state index in [9.17, 15) is 0 Å². The Bertz CT molecular complexity index is 1130. The quantitative estimate of drug-likeness (QED) is 0.470. The van der Waals surface area contributed by atoms with Crippen LogP contribution < -0.4 is 19.7 Å². The fourth-order valence-corrected chi connectivity index (χ4v) is 3.25. The number of benzene rings is 3. The maximum atomic E-state index is 5.27. The van der Waals surface area contributed by atoms with E-state index in [-0.39, 0.29) is 0 Å². The zero-order valence-corrected chi connectivity index (χ0v) is 17.3. The molecule has 0 bridgehead atoms. The first-order valence-electron chi connectivity index (χ1n) is 9.69. The van der Waals surface area contributed by atoms with E-state index in [1.165, 1.54) is 0 Å². The van der Waals surface area contributed by atoms with Crippen molar-refractivity contribution in [3.63, 3.8) is 0 Å². The molecule has 0 spiro atoms. The van der Waals surface area contributed by atoms with Gasteiger partial charge in [0.25, 0.3) is 0 Å². The van der Waals surface area contributed by atoms with Crippen LogP contribution >= 0.6 is 0 Å². The van der Waals surface area contributed by atoms with Crippen molar-refractivity contribution in [2.75, 3.05) is 31.5 Å². The Morgan fingerprint density at radius 3 is 2.10 bits per heavy atom. The summed E-state index contributed by atoms with van der Waals surface area (Å²) in [5, 5.41) is 4.34. The number of fused-ring (bicyclic) bond motifs is 1. The zero-order valence-electron chi connectivity index (χ0n) is 17.3. The van der Waals surface area contributed by atoms with Gasteiger partial charge in [0.1, 0.15) is 17.3 Å². The second kappa shape index (κ2) is 8.69. The van der Waals surface area contributed by atoms with Gasteiger partial charge in [-0.15, -0.1) is 0 Å². The van der Waals surface area contributed by atoms with Crippen LogP contribution in [0.15, 0.2) is 72.8 Å². The third-order valence-electron chi connectivity index (χ3n) is 4.97. The summed E-state index contributed by atoms with van der Waals surface area (Å²) in [6, 6.07) is 23.9. The van der Waals surface area contributed by atoms with E-state index in [1.54, 1.807) is 14.2 Å². The summed E-state index contributed by atoms with van der Waals surface area (Å²) in [5.74, 6) is 3.08. The normalized spacial score (nSPS) is 10.6. The highest BCUT2D eigenvalue weighted by Gasteiger charge is 2.13. The number of anilines is 3. The number of para-hydroxylation sites is 1. The Hall–Kier alpha value is -3.80. The lowest BCUT2D eigenvalue weighted by atomic mass is 10.2. The molecule has 0 fully saturated rings. The van der Waals surface area contributed by atoms with Crippen molar-refractivity contribution in [2.45, 2.75) is 6.54 Å². The minimum Gasteiger partial charge on any atom is -0.497 e. The highest BCUT2D eigenvalue weighted by Crippen LogP contribution is 2.30. The predicted molar refractivity (Wildman–Crippen MR) is 121 cm³/mol. The van der Waals surface area contributed by atoms with Gasteiger partial charge in [0.15, 0.2) is 0 Å². The van der Waals surface area contributed by atoms with Gasteiger partial charge in [0.2, 0.25) is 5.95 Å². The summed E-state index contributed by atoms with van der Waals surface area (Å²) in [5.41, 5.74) is 3.03. The molecule has 3 aromatic carbocycles. The Labute approximate surface area is 176 Å². The van der Waals surface area contributed by atoms with Crippen LogP contribution in [0.4, 0.5) is 17.5 Å². The topological polar surface area (TPSA) is 59.5 Å². The first-order valence-corrected chi connectivity index (χ1v) is 9.69. The monoisotopic (exact) mass is 400 g/mol.